The fraction of sp³-hybridized carbons (Fsp3) is 0.400. The van der Waals surface area contributed by atoms with E-state index >= 15 is 0 Å². The molecular weight excluding hydrogens is 272 g/mol. The molecule has 1 aromatic rings. The summed E-state index contributed by atoms with van der Waals surface area (Å²) in [6.45, 7) is 0.283. The third-order valence-corrected chi connectivity index (χ3v) is 3.10. The van der Waals surface area contributed by atoms with Gasteiger partial charge in [0, 0.05) is 0 Å². The summed E-state index contributed by atoms with van der Waals surface area (Å²) in [5.74, 6) is 0. The van der Waals surface area contributed by atoms with E-state index < -0.39 is 10.0 Å². The number of sulfonamides is 1. The number of benzene rings is 1. The molecule has 8 nitrogen and oxygen atoms in total. The Morgan fingerprint density at radius 1 is 1.11 bits per heavy atom. The standard InChI is InChI=1S/C10H16N4O4S/c11-19(17,18)10-3-1-9(2-4-10)12-13-14(5-7-15)6-8-16/h1-4,15-16H,5-8H2,(H2,11,17,18). The van der Waals surface area contributed by atoms with Crippen LogP contribution in [-0.2, 0) is 10.0 Å². The van der Waals surface area contributed by atoms with Gasteiger partial charge >= 0.3 is 0 Å². The molecule has 19 heavy (non-hydrogen) atoms. The van der Waals surface area contributed by atoms with Crippen LogP contribution in [0.1, 0.15) is 0 Å². The SMILES string of the molecule is NS(=O)(=O)c1ccc(N=NN(CCO)CCO)cc1. The average Bonchev–Trinajstić information content (AvgIpc) is 2.36. The van der Waals surface area contributed by atoms with Gasteiger partial charge in [0.25, 0.3) is 0 Å². The van der Waals surface area contributed by atoms with Crippen molar-refractivity contribution < 1.29 is 18.6 Å². The molecule has 0 radical (unpaired) electrons. The van der Waals surface area contributed by atoms with Crippen LogP contribution in [0, 0.1) is 0 Å². The van der Waals surface area contributed by atoms with Crippen molar-refractivity contribution in [3.63, 3.8) is 0 Å². The van der Waals surface area contributed by atoms with E-state index in [1.165, 1.54) is 29.3 Å². The highest BCUT2D eigenvalue weighted by atomic mass is 32.2. The van der Waals surface area contributed by atoms with Crippen molar-refractivity contribution in [1.29, 1.82) is 0 Å². The van der Waals surface area contributed by atoms with Crippen molar-refractivity contribution in [3.8, 4) is 0 Å². The second-order valence-electron chi connectivity index (χ2n) is 3.63. The fourth-order valence-electron chi connectivity index (χ4n) is 1.25. The largest absolute Gasteiger partial charge is 0.394 e. The van der Waals surface area contributed by atoms with Crippen molar-refractivity contribution in [1.82, 2.24) is 5.01 Å². The zero-order chi connectivity index (χ0) is 14.3. The van der Waals surface area contributed by atoms with E-state index in [-0.39, 0.29) is 31.2 Å². The van der Waals surface area contributed by atoms with Crippen LogP contribution in [0.5, 0.6) is 0 Å². The van der Waals surface area contributed by atoms with Crippen molar-refractivity contribution in [2.45, 2.75) is 4.90 Å². The van der Waals surface area contributed by atoms with E-state index in [1.807, 2.05) is 0 Å². The first-order chi connectivity index (χ1) is 8.97. The van der Waals surface area contributed by atoms with E-state index in [1.54, 1.807) is 0 Å². The zero-order valence-electron chi connectivity index (χ0n) is 10.2. The predicted octanol–water partition coefficient (Wildman–Crippen LogP) is -0.381. The molecule has 0 saturated carbocycles. The highest BCUT2D eigenvalue weighted by Gasteiger charge is 2.06. The minimum atomic E-state index is -3.72. The first-order valence-corrected chi connectivity index (χ1v) is 7.03. The minimum Gasteiger partial charge on any atom is -0.394 e. The maximum atomic E-state index is 11.0. The first-order valence-electron chi connectivity index (χ1n) is 5.48. The van der Waals surface area contributed by atoms with E-state index in [0.29, 0.717) is 5.69 Å². The Morgan fingerprint density at radius 2 is 1.63 bits per heavy atom. The summed E-state index contributed by atoms with van der Waals surface area (Å²) in [6, 6.07) is 5.57. The molecule has 0 bridgehead atoms. The molecule has 1 rings (SSSR count). The highest BCUT2D eigenvalue weighted by Crippen LogP contribution is 2.16. The van der Waals surface area contributed by atoms with E-state index in [4.69, 9.17) is 15.4 Å². The molecule has 0 aliphatic rings. The molecule has 0 spiro atoms. The number of primary sulfonamides is 1. The molecular formula is C10H16N4O4S. The number of nitrogens with zero attached hydrogens (tertiary/aromatic N) is 3. The molecule has 106 valence electrons. The molecule has 0 fully saturated rings. The van der Waals surface area contributed by atoms with Crippen LogP contribution in [0.2, 0.25) is 0 Å². The molecule has 0 aromatic heterocycles. The molecule has 0 amide bonds. The Kier molecular flexibility index (Phi) is 5.83. The third kappa shape index (κ3) is 5.30. The molecule has 0 saturated heterocycles. The topological polar surface area (TPSA) is 129 Å². The van der Waals surface area contributed by atoms with Gasteiger partial charge in [-0.15, -0.1) is 5.11 Å². The van der Waals surface area contributed by atoms with Gasteiger partial charge in [0.15, 0.2) is 0 Å². The van der Waals surface area contributed by atoms with Gasteiger partial charge in [-0.25, -0.2) is 13.6 Å². The maximum Gasteiger partial charge on any atom is 0.238 e. The van der Waals surface area contributed by atoms with Crippen molar-refractivity contribution >= 4 is 15.7 Å². The third-order valence-electron chi connectivity index (χ3n) is 2.17. The van der Waals surface area contributed by atoms with Crippen LogP contribution in [0.4, 0.5) is 5.69 Å². The van der Waals surface area contributed by atoms with Gasteiger partial charge in [0.2, 0.25) is 10.0 Å². The van der Waals surface area contributed by atoms with E-state index in [9.17, 15) is 8.42 Å². The Balaban J connectivity index is 2.76. The summed E-state index contributed by atoms with van der Waals surface area (Å²) in [4.78, 5) is -0.00553. The lowest BCUT2D eigenvalue weighted by atomic mass is 10.3. The molecule has 1 aromatic carbocycles. The van der Waals surface area contributed by atoms with Crippen LogP contribution in [0.3, 0.4) is 0 Å². The van der Waals surface area contributed by atoms with Crippen molar-refractivity contribution in [2.24, 2.45) is 15.5 Å². The van der Waals surface area contributed by atoms with Crippen LogP contribution in [0.15, 0.2) is 39.5 Å². The second-order valence-corrected chi connectivity index (χ2v) is 5.19. The van der Waals surface area contributed by atoms with Crippen molar-refractivity contribution in [2.75, 3.05) is 26.3 Å². The lowest BCUT2D eigenvalue weighted by molar-refractivity contribution is 0.158. The van der Waals surface area contributed by atoms with Crippen molar-refractivity contribution in [3.05, 3.63) is 24.3 Å². The van der Waals surface area contributed by atoms with Crippen LogP contribution in [0.25, 0.3) is 0 Å². The lowest BCUT2D eigenvalue weighted by Gasteiger charge is -2.14. The predicted molar refractivity (Wildman–Crippen MR) is 68.1 cm³/mol. The van der Waals surface area contributed by atoms with Gasteiger partial charge in [-0.05, 0) is 24.3 Å². The second kappa shape index (κ2) is 7.14. The number of rotatable bonds is 7. The highest BCUT2D eigenvalue weighted by molar-refractivity contribution is 7.89. The Hall–Kier alpha value is -1.55. The summed E-state index contributed by atoms with van der Waals surface area (Å²) in [7, 11) is -3.72. The summed E-state index contributed by atoms with van der Waals surface area (Å²) in [5.41, 5.74) is 0.438. The molecule has 9 heteroatoms. The van der Waals surface area contributed by atoms with Crippen LogP contribution in [-0.4, -0.2) is 49.9 Å². The zero-order valence-corrected chi connectivity index (χ0v) is 11.0. The van der Waals surface area contributed by atoms with Gasteiger partial charge in [-0.1, -0.05) is 5.22 Å². The molecule has 0 unspecified atom stereocenters. The van der Waals surface area contributed by atoms with Gasteiger partial charge in [-0.2, -0.15) is 0 Å². The summed E-state index contributed by atoms with van der Waals surface area (Å²) >= 11 is 0. The van der Waals surface area contributed by atoms with Gasteiger partial charge < -0.3 is 10.2 Å². The lowest BCUT2D eigenvalue weighted by Crippen LogP contribution is -2.24. The summed E-state index contributed by atoms with van der Waals surface area (Å²) in [5, 5.41) is 31.6. The smallest absolute Gasteiger partial charge is 0.238 e. The Morgan fingerprint density at radius 3 is 2.05 bits per heavy atom. The normalized spacial score (nSPS) is 11.9. The van der Waals surface area contributed by atoms with E-state index in [0.717, 1.165) is 0 Å². The fourth-order valence-corrected chi connectivity index (χ4v) is 1.76. The summed E-state index contributed by atoms with van der Waals surface area (Å²) in [6.07, 6.45) is 0. The summed E-state index contributed by atoms with van der Waals surface area (Å²) < 4.78 is 22.1. The maximum absolute atomic E-state index is 11.0. The number of hydrogen-bond acceptors (Lipinski definition) is 6. The first kappa shape index (κ1) is 15.5. The quantitative estimate of drug-likeness (QED) is 0.465. The minimum absolute atomic E-state index is 0.00553. The molecule has 4 N–H and O–H groups in total. The monoisotopic (exact) mass is 288 g/mol. The van der Waals surface area contributed by atoms with Gasteiger partial charge in [0.05, 0.1) is 36.9 Å². The van der Waals surface area contributed by atoms with Crippen LogP contribution < -0.4 is 5.14 Å². The average molecular weight is 288 g/mol. The number of aliphatic hydroxyl groups excluding tert-OH is 2. The Labute approximate surface area is 111 Å². The molecule has 0 heterocycles. The van der Waals surface area contributed by atoms with Gasteiger partial charge in [0.1, 0.15) is 0 Å². The molecule has 0 aliphatic carbocycles. The molecule has 0 aliphatic heterocycles. The number of hydrogen-bond donors (Lipinski definition) is 3. The van der Waals surface area contributed by atoms with E-state index in [2.05, 4.69) is 10.3 Å². The number of aliphatic hydroxyl groups is 2. The Bertz CT molecular complexity index is 509. The van der Waals surface area contributed by atoms with Gasteiger partial charge in [-0.3, -0.25) is 5.01 Å². The van der Waals surface area contributed by atoms with Crippen LogP contribution >= 0.6 is 0 Å². The number of nitrogens with two attached hydrogens (primary N) is 1. The molecule has 0 atom stereocenters.